The minimum absolute atomic E-state index is 0.0643. The maximum atomic E-state index is 14.1. The Balaban J connectivity index is 2.67. The summed E-state index contributed by atoms with van der Waals surface area (Å²) in [5, 5.41) is 0.0643. The standard InChI is InChI=1S/C21H22Cl3O4P/c1-13-11-14(2)17(15(3)12-13)18(25)29(27,16-9-7-6-8-10-16)19(26)28-20(4,5)21(22,23)24/h6-12H,1-5H3. The Morgan fingerprint density at radius 2 is 1.41 bits per heavy atom. The van der Waals surface area contributed by atoms with E-state index in [1.165, 1.54) is 26.0 Å². The van der Waals surface area contributed by atoms with Crippen LogP contribution in [0.25, 0.3) is 0 Å². The zero-order valence-corrected chi connectivity index (χ0v) is 19.9. The fraction of sp³-hybridized carbons (Fsp3) is 0.333. The quantitative estimate of drug-likeness (QED) is 0.355. The number of carbonyl (C=O) groups excluding carboxylic acids is 2. The molecule has 2 aromatic carbocycles. The van der Waals surface area contributed by atoms with Crippen LogP contribution < -0.4 is 5.30 Å². The summed E-state index contributed by atoms with van der Waals surface area (Å²) in [5.74, 6) is 0. The smallest absolute Gasteiger partial charge is 0.377 e. The van der Waals surface area contributed by atoms with Crippen molar-refractivity contribution >= 4 is 58.5 Å². The van der Waals surface area contributed by atoms with Gasteiger partial charge in [-0.1, -0.05) is 82.8 Å². The van der Waals surface area contributed by atoms with Gasteiger partial charge in [-0.25, -0.2) is 4.79 Å². The van der Waals surface area contributed by atoms with Gasteiger partial charge in [0.2, 0.25) is 9.32 Å². The molecule has 0 fully saturated rings. The highest BCUT2D eigenvalue weighted by molar-refractivity contribution is 8.00. The first-order valence-corrected chi connectivity index (χ1v) is 11.6. The number of aryl methyl sites for hydroxylation is 3. The molecule has 0 spiro atoms. The molecule has 2 aromatic rings. The highest BCUT2D eigenvalue weighted by Crippen LogP contribution is 2.53. The molecular weight excluding hydrogens is 454 g/mol. The number of carbonyl (C=O) groups is 2. The van der Waals surface area contributed by atoms with Gasteiger partial charge in [0.15, 0.2) is 5.60 Å². The third kappa shape index (κ3) is 4.72. The van der Waals surface area contributed by atoms with Crippen LogP contribution in [0.5, 0.6) is 0 Å². The van der Waals surface area contributed by atoms with Crippen molar-refractivity contribution in [3.8, 4) is 0 Å². The van der Waals surface area contributed by atoms with Crippen LogP contribution in [0.3, 0.4) is 0 Å². The second-order valence-corrected chi connectivity index (χ2v) is 12.2. The molecule has 156 valence electrons. The number of benzene rings is 2. The van der Waals surface area contributed by atoms with Gasteiger partial charge < -0.3 is 4.74 Å². The predicted octanol–water partition coefficient (Wildman–Crippen LogP) is 6.73. The number of halogens is 3. The number of ether oxygens (including phenoxy) is 1. The van der Waals surface area contributed by atoms with Gasteiger partial charge in [0.25, 0.3) is 7.14 Å². The monoisotopic (exact) mass is 474 g/mol. The summed E-state index contributed by atoms with van der Waals surface area (Å²) in [6.45, 7) is 8.11. The molecule has 4 nitrogen and oxygen atoms in total. The van der Waals surface area contributed by atoms with Crippen molar-refractivity contribution in [2.75, 3.05) is 0 Å². The number of rotatable bonds is 5. The van der Waals surface area contributed by atoms with Gasteiger partial charge in [0.05, 0.1) is 0 Å². The van der Waals surface area contributed by atoms with Crippen molar-refractivity contribution in [2.24, 2.45) is 0 Å². The summed E-state index contributed by atoms with van der Waals surface area (Å²) in [6, 6.07) is 11.4. The lowest BCUT2D eigenvalue weighted by Gasteiger charge is -2.33. The molecular formula is C21H22Cl3O4P. The lowest BCUT2D eigenvalue weighted by Crippen LogP contribution is -2.42. The van der Waals surface area contributed by atoms with Gasteiger partial charge in [-0.05, 0) is 45.7 Å². The molecule has 0 aliphatic carbocycles. The summed E-state index contributed by atoms with van der Waals surface area (Å²) in [7, 11) is -4.39. The van der Waals surface area contributed by atoms with Crippen molar-refractivity contribution in [3.05, 3.63) is 64.7 Å². The van der Waals surface area contributed by atoms with Crippen molar-refractivity contribution in [3.63, 3.8) is 0 Å². The van der Waals surface area contributed by atoms with Crippen LogP contribution in [0, 0.1) is 20.8 Å². The van der Waals surface area contributed by atoms with Crippen LogP contribution in [0.15, 0.2) is 42.5 Å². The molecule has 1 unspecified atom stereocenters. The van der Waals surface area contributed by atoms with Crippen molar-refractivity contribution < 1.29 is 18.9 Å². The van der Waals surface area contributed by atoms with Crippen molar-refractivity contribution in [1.29, 1.82) is 0 Å². The Morgan fingerprint density at radius 3 is 1.86 bits per heavy atom. The van der Waals surface area contributed by atoms with E-state index in [0.717, 1.165) is 5.56 Å². The number of hydrogen-bond donors (Lipinski definition) is 0. The molecule has 29 heavy (non-hydrogen) atoms. The van der Waals surface area contributed by atoms with Crippen LogP contribution in [-0.2, 0) is 9.30 Å². The average Bonchev–Trinajstić information content (AvgIpc) is 2.59. The molecule has 0 aliphatic rings. The summed E-state index contributed by atoms with van der Waals surface area (Å²) in [5.41, 5.74) is -1.21. The lowest BCUT2D eigenvalue weighted by atomic mass is 10.0. The number of hydrogen-bond acceptors (Lipinski definition) is 4. The Labute approximate surface area is 185 Å². The minimum Gasteiger partial charge on any atom is -0.449 e. The predicted molar refractivity (Wildman–Crippen MR) is 120 cm³/mol. The number of alkyl halides is 3. The van der Waals surface area contributed by atoms with E-state index in [-0.39, 0.29) is 10.9 Å². The van der Waals surface area contributed by atoms with Crippen molar-refractivity contribution in [1.82, 2.24) is 0 Å². The first kappa shape index (κ1) is 24.0. The average molecular weight is 476 g/mol. The lowest BCUT2D eigenvalue weighted by molar-refractivity contribution is 0.0595. The topological polar surface area (TPSA) is 60.4 Å². The molecule has 0 saturated heterocycles. The molecule has 0 heterocycles. The Kier molecular flexibility index (Phi) is 6.96. The Bertz CT molecular complexity index is 972. The van der Waals surface area contributed by atoms with E-state index in [1.54, 1.807) is 44.2 Å². The van der Waals surface area contributed by atoms with E-state index in [9.17, 15) is 14.2 Å². The first-order chi connectivity index (χ1) is 13.2. The summed E-state index contributed by atoms with van der Waals surface area (Å²) in [6.07, 6.45) is 0. The molecule has 0 saturated carbocycles. The van der Waals surface area contributed by atoms with Gasteiger partial charge in [-0.3, -0.25) is 9.36 Å². The van der Waals surface area contributed by atoms with Gasteiger partial charge >= 0.3 is 5.71 Å². The molecule has 8 heteroatoms. The van der Waals surface area contributed by atoms with Gasteiger partial charge in [0, 0.05) is 10.9 Å². The van der Waals surface area contributed by atoms with E-state index < -0.39 is 27.8 Å². The zero-order valence-electron chi connectivity index (χ0n) is 16.8. The van der Waals surface area contributed by atoms with Gasteiger partial charge in [-0.15, -0.1) is 0 Å². The SMILES string of the molecule is Cc1cc(C)c(C(=O)P(=O)(C(=O)OC(C)(C)C(Cl)(Cl)Cl)c2ccccc2)c(C)c1. The van der Waals surface area contributed by atoms with Crippen molar-refractivity contribution in [2.45, 2.75) is 44.0 Å². The summed E-state index contributed by atoms with van der Waals surface area (Å²) >= 11 is 17.7. The van der Waals surface area contributed by atoms with E-state index >= 15 is 0 Å². The van der Waals surface area contributed by atoms with Crippen LogP contribution in [0.2, 0.25) is 0 Å². The van der Waals surface area contributed by atoms with Crippen LogP contribution in [0.1, 0.15) is 40.9 Å². The molecule has 0 radical (unpaired) electrons. The van der Waals surface area contributed by atoms with E-state index in [0.29, 0.717) is 11.1 Å². The third-order valence-corrected chi connectivity index (χ3v) is 8.37. The fourth-order valence-corrected chi connectivity index (χ4v) is 5.30. The molecule has 0 aliphatic heterocycles. The molecule has 0 amide bonds. The van der Waals surface area contributed by atoms with E-state index in [4.69, 9.17) is 39.5 Å². The molecule has 0 aromatic heterocycles. The molecule has 0 N–H and O–H groups in total. The normalized spacial score (nSPS) is 14.2. The maximum absolute atomic E-state index is 14.1. The second-order valence-electron chi connectivity index (χ2n) is 7.40. The highest BCUT2D eigenvalue weighted by atomic mass is 35.6. The Hall–Kier alpha value is -1.32. The fourth-order valence-electron chi connectivity index (χ4n) is 2.96. The summed E-state index contributed by atoms with van der Waals surface area (Å²) in [4.78, 5) is 26.7. The second kappa shape index (κ2) is 8.43. The maximum Gasteiger partial charge on any atom is 0.377 e. The van der Waals surface area contributed by atoms with Crippen LogP contribution >= 0.6 is 41.9 Å². The molecule has 1 atom stereocenters. The largest absolute Gasteiger partial charge is 0.449 e. The molecule has 2 rings (SSSR count). The van der Waals surface area contributed by atoms with Gasteiger partial charge in [0.1, 0.15) is 0 Å². The highest BCUT2D eigenvalue weighted by Gasteiger charge is 2.51. The zero-order chi connectivity index (χ0) is 22.2. The summed E-state index contributed by atoms with van der Waals surface area (Å²) < 4.78 is 17.4. The molecule has 0 bridgehead atoms. The first-order valence-electron chi connectivity index (χ1n) is 8.80. The third-order valence-electron chi connectivity index (χ3n) is 4.58. The van der Waals surface area contributed by atoms with E-state index in [2.05, 4.69) is 0 Å². The van der Waals surface area contributed by atoms with Crippen LogP contribution in [0.4, 0.5) is 4.79 Å². The Morgan fingerprint density at radius 1 is 0.931 bits per heavy atom. The van der Waals surface area contributed by atoms with Gasteiger partial charge in [-0.2, -0.15) is 0 Å². The van der Waals surface area contributed by atoms with Crippen LogP contribution in [-0.4, -0.2) is 20.6 Å². The minimum atomic E-state index is -4.39. The van der Waals surface area contributed by atoms with E-state index in [1.807, 2.05) is 6.92 Å².